The highest BCUT2D eigenvalue weighted by atomic mass is 15.3. The summed E-state index contributed by atoms with van der Waals surface area (Å²) in [4.78, 5) is 0. The minimum absolute atomic E-state index is 0.277. The van der Waals surface area contributed by atoms with Gasteiger partial charge in [-0.1, -0.05) is 27.7 Å². The van der Waals surface area contributed by atoms with Gasteiger partial charge in [0.25, 0.3) is 0 Å². The second-order valence-electron chi connectivity index (χ2n) is 4.81. The third kappa shape index (κ3) is 2.50. The van der Waals surface area contributed by atoms with Crippen molar-refractivity contribution in [2.45, 2.75) is 40.2 Å². The van der Waals surface area contributed by atoms with E-state index >= 15 is 0 Å². The molecule has 0 spiro atoms. The number of nitrogens with one attached hydrogen (secondary N) is 1. The van der Waals surface area contributed by atoms with Crippen LogP contribution >= 0.6 is 0 Å². The molecule has 0 aliphatic rings. The first-order valence-electron chi connectivity index (χ1n) is 5.19. The number of hydrogen-bond acceptors (Lipinski definition) is 2. The minimum Gasteiger partial charge on any atom is -0.367 e. The zero-order valence-electron chi connectivity index (χ0n) is 9.83. The Bertz CT molecular complexity index is 283. The van der Waals surface area contributed by atoms with Crippen molar-refractivity contribution < 1.29 is 0 Å². The molecule has 1 N–H and O–H groups in total. The number of aryl methyl sites for hydroxylation is 1. The van der Waals surface area contributed by atoms with Gasteiger partial charge >= 0.3 is 0 Å². The third-order valence-corrected chi connectivity index (χ3v) is 2.60. The van der Waals surface area contributed by atoms with Gasteiger partial charge in [-0.15, -0.1) is 0 Å². The molecule has 0 fully saturated rings. The fourth-order valence-corrected chi connectivity index (χ4v) is 1.62. The highest BCUT2D eigenvalue weighted by molar-refractivity contribution is 5.35. The Morgan fingerprint density at radius 3 is 2.50 bits per heavy atom. The standard InChI is InChI=1S/C11H21N3/c1-6-9(11(2,3)4)13-10-7-8-12-14(10)5/h7-9,13H,6H2,1-5H3. The van der Waals surface area contributed by atoms with Gasteiger partial charge in [-0.2, -0.15) is 5.10 Å². The van der Waals surface area contributed by atoms with E-state index in [-0.39, 0.29) is 5.41 Å². The van der Waals surface area contributed by atoms with Crippen molar-refractivity contribution in [2.75, 3.05) is 5.32 Å². The topological polar surface area (TPSA) is 29.9 Å². The maximum absolute atomic E-state index is 4.14. The maximum atomic E-state index is 4.14. The van der Waals surface area contributed by atoms with Crippen molar-refractivity contribution in [3.05, 3.63) is 12.3 Å². The maximum Gasteiger partial charge on any atom is 0.124 e. The second-order valence-corrected chi connectivity index (χ2v) is 4.81. The van der Waals surface area contributed by atoms with Gasteiger partial charge in [0.15, 0.2) is 0 Å². The van der Waals surface area contributed by atoms with E-state index in [1.807, 2.05) is 24.0 Å². The molecule has 0 aromatic carbocycles. The lowest BCUT2D eigenvalue weighted by Gasteiger charge is -2.31. The molecule has 1 unspecified atom stereocenters. The van der Waals surface area contributed by atoms with Crippen LogP contribution in [-0.2, 0) is 7.05 Å². The molecule has 3 heteroatoms. The Morgan fingerprint density at radius 1 is 1.50 bits per heavy atom. The van der Waals surface area contributed by atoms with Crippen LogP contribution in [0.4, 0.5) is 5.82 Å². The summed E-state index contributed by atoms with van der Waals surface area (Å²) < 4.78 is 1.87. The summed E-state index contributed by atoms with van der Waals surface area (Å²) >= 11 is 0. The summed E-state index contributed by atoms with van der Waals surface area (Å²) in [5.74, 6) is 1.09. The Kier molecular flexibility index (Phi) is 3.19. The summed E-state index contributed by atoms with van der Waals surface area (Å²) in [6, 6.07) is 2.49. The summed E-state index contributed by atoms with van der Waals surface area (Å²) in [6.45, 7) is 8.97. The van der Waals surface area contributed by atoms with Crippen LogP contribution in [0.5, 0.6) is 0 Å². The molecule has 80 valence electrons. The van der Waals surface area contributed by atoms with Crippen molar-refractivity contribution in [3.63, 3.8) is 0 Å². The minimum atomic E-state index is 0.277. The molecular formula is C11H21N3. The number of anilines is 1. The van der Waals surface area contributed by atoms with Crippen LogP contribution in [0.3, 0.4) is 0 Å². The van der Waals surface area contributed by atoms with E-state index in [1.54, 1.807) is 0 Å². The predicted octanol–water partition coefficient (Wildman–Crippen LogP) is 2.66. The smallest absolute Gasteiger partial charge is 0.124 e. The zero-order valence-corrected chi connectivity index (χ0v) is 9.83. The molecule has 0 amide bonds. The molecule has 1 aromatic heterocycles. The Balaban J connectivity index is 2.71. The number of hydrogen-bond donors (Lipinski definition) is 1. The van der Waals surface area contributed by atoms with Gasteiger partial charge in [0.1, 0.15) is 5.82 Å². The predicted molar refractivity (Wildman–Crippen MR) is 60.4 cm³/mol. The van der Waals surface area contributed by atoms with Crippen LogP contribution in [0.25, 0.3) is 0 Å². The van der Waals surface area contributed by atoms with E-state index in [9.17, 15) is 0 Å². The van der Waals surface area contributed by atoms with Gasteiger partial charge < -0.3 is 5.32 Å². The molecule has 0 aliphatic heterocycles. The van der Waals surface area contributed by atoms with Gasteiger partial charge in [-0.25, -0.2) is 0 Å². The number of aromatic nitrogens is 2. The molecule has 1 rings (SSSR count). The second kappa shape index (κ2) is 4.03. The molecule has 1 heterocycles. The van der Waals surface area contributed by atoms with Crippen molar-refractivity contribution in [1.82, 2.24) is 9.78 Å². The van der Waals surface area contributed by atoms with Gasteiger partial charge in [-0.05, 0) is 11.8 Å². The van der Waals surface area contributed by atoms with Crippen molar-refractivity contribution in [2.24, 2.45) is 12.5 Å². The first-order valence-corrected chi connectivity index (χ1v) is 5.19. The van der Waals surface area contributed by atoms with Gasteiger partial charge in [0, 0.05) is 19.2 Å². The van der Waals surface area contributed by atoms with Crippen LogP contribution in [0.2, 0.25) is 0 Å². The van der Waals surface area contributed by atoms with E-state index in [1.165, 1.54) is 0 Å². The number of rotatable bonds is 3. The van der Waals surface area contributed by atoms with Crippen molar-refractivity contribution >= 4 is 5.82 Å². The molecule has 0 saturated carbocycles. The highest BCUT2D eigenvalue weighted by Gasteiger charge is 2.23. The van der Waals surface area contributed by atoms with Crippen molar-refractivity contribution in [1.29, 1.82) is 0 Å². The summed E-state index contributed by atoms with van der Waals surface area (Å²) in [5.41, 5.74) is 0.277. The van der Waals surface area contributed by atoms with Gasteiger partial charge in [0.2, 0.25) is 0 Å². The average molecular weight is 195 g/mol. The lowest BCUT2D eigenvalue weighted by molar-refractivity contribution is 0.332. The van der Waals surface area contributed by atoms with Crippen LogP contribution < -0.4 is 5.32 Å². The van der Waals surface area contributed by atoms with E-state index in [0.717, 1.165) is 12.2 Å². The van der Waals surface area contributed by atoms with E-state index in [4.69, 9.17) is 0 Å². The first-order chi connectivity index (χ1) is 6.45. The van der Waals surface area contributed by atoms with Crippen LogP contribution in [0.15, 0.2) is 12.3 Å². The molecule has 14 heavy (non-hydrogen) atoms. The molecule has 0 bridgehead atoms. The van der Waals surface area contributed by atoms with Gasteiger partial charge in [-0.3, -0.25) is 4.68 Å². The highest BCUT2D eigenvalue weighted by Crippen LogP contribution is 2.24. The monoisotopic (exact) mass is 195 g/mol. The largest absolute Gasteiger partial charge is 0.367 e. The Labute approximate surface area is 86.5 Å². The van der Waals surface area contributed by atoms with E-state index in [2.05, 4.69) is 38.1 Å². The molecule has 0 aliphatic carbocycles. The summed E-state index contributed by atoms with van der Waals surface area (Å²) in [6.07, 6.45) is 2.94. The van der Waals surface area contributed by atoms with E-state index in [0.29, 0.717) is 6.04 Å². The molecule has 3 nitrogen and oxygen atoms in total. The van der Waals surface area contributed by atoms with Crippen LogP contribution in [-0.4, -0.2) is 15.8 Å². The van der Waals surface area contributed by atoms with E-state index < -0.39 is 0 Å². The third-order valence-electron chi connectivity index (χ3n) is 2.60. The zero-order chi connectivity index (χ0) is 10.8. The van der Waals surface area contributed by atoms with Crippen LogP contribution in [0, 0.1) is 5.41 Å². The normalized spacial score (nSPS) is 14.1. The first kappa shape index (κ1) is 11.1. The molecule has 1 atom stereocenters. The Hall–Kier alpha value is -0.990. The average Bonchev–Trinajstić information content (AvgIpc) is 2.45. The quantitative estimate of drug-likeness (QED) is 0.803. The van der Waals surface area contributed by atoms with Crippen molar-refractivity contribution in [3.8, 4) is 0 Å². The van der Waals surface area contributed by atoms with Gasteiger partial charge in [0.05, 0.1) is 6.20 Å². The molecule has 0 radical (unpaired) electrons. The number of nitrogens with zero attached hydrogens (tertiary/aromatic N) is 2. The van der Waals surface area contributed by atoms with Crippen LogP contribution in [0.1, 0.15) is 34.1 Å². The fourth-order valence-electron chi connectivity index (χ4n) is 1.62. The SMILES string of the molecule is CCC(Nc1ccnn1C)C(C)(C)C. The Morgan fingerprint density at radius 2 is 2.14 bits per heavy atom. The lowest BCUT2D eigenvalue weighted by Crippen LogP contribution is -2.33. The fraction of sp³-hybridized carbons (Fsp3) is 0.727. The molecular weight excluding hydrogens is 174 g/mol. The summed E-state index contributed by atoms with van der Waals surface area (Å²) in [5, 5.41) is 7.66. The lowest BCUT2D eigenvalue weighted by atomic mass is 9.85. The molecule has 0 saturated heterocycles. The molecule has 1 aromatic rings. The summed E-state index contributed by atoms with van der Waals surface area (Å²) in [7, 11) is 1.96.